The van der Waals surface area contributed by atoms with Crippen LogP contribution in [0.5, 0.6) is 0 Å². The summed E-state index contributed by atoms with van der Waals surface area (Å²) in [7, 11) is 3.07. The van der Waals surface area contributed by atoms with Crippen LogP contribution in [0.2, 0.25) is 0 Å². The second-order valence-electron chi connectivity index (χ2n) is 0.877. The third-order valence-electron chi connectivity index (χ3n) is 0.520. The number of ether oxygens (including phenoxy) is 1. The molecule has 0 saturated carbocycles. The molecule has 0 heterocycles. The summed E-state index contributed by atoms with van der Waals surface area (Å²) in [5.41, 5.74) is 2.23. The summed E-state index contributed by atoms with van der Waals surface area (Å²) < 4.78 is 4.56. The fourth-order valence-electron chi connectivity index (χ4n) is 0.215. The molecule has 3 N–H and O–H groups in total. The molecule has 0 spiro atoms. The van der Waals surface area contributed by atoms with Crippen LogP contribution in [-0.4, -0.2) is 20.2 Å². The molecule has 0 aromatic carbocycles. The van der Waals surface area contributed by atoms with Crippen molar-refractivity contribution in [2.24, 2.45) is 10.8 Å². The second-order valence-corrected chi connectivity index (χ2v) is 0.877. The van der Waals surface area contributed by atoms with Gasteiger partial charge in [0.1, 0.15) is 0 Å². The maximum absolute atomic E-state index is 4.89. The van der Waals surface area contributed by atoms with Crippen LogP contribution in [-0.2, 0) is 4.74 Å². The zero-order valence-electron chi connectivity index (χ0n) is 4.43. The third kappa shape index (κ3) is 1.99. The maximum atomic E-state index is 4.89. The van der Waals surface area contributed by atoms with Gasteiger partial charge in [0.25, 0.3) is 6.02 Å². The molecule has 0 bridgehead atoms. The van der Waals surface area contributed by atoms with Crippen LogP contribution in [0.4, 0.5) is 0 Å². The molecule has 0 aromatic heterocycles. The van der Waals surface area contributed by atoms with E-state index in [4.69, 9.17) is 5.84 Å². The Hall–Kier alpha value is -0.770. The first-order chi connectivity index (χ1) is 3.35. The fourth-order valence-corrected chi connectivity index (χ4v) is 0.215. The van der Waals surface area contributed by atoms with Crippen LogP contribution >= 0.6 is 0 Å². The van der Waals surface area contributed by atoms with Crippen LogP contribution in [0.1, 0.15) is 0 Å². The minimum atomic E-state index is 0.333. The predicted molar refractivity (Wildman–Crippen MR) is 27.7 cm³/mol. The zero-order valence-corrected chi connectivity index (χ0v) is 4.43. The van der Waals surface area contributed by atoms with Gasteiger partial charge in [-0.05, 0) is 0 Å². The molecule has 0 atom stereocenters. The summed E-state index contributed by atoms with van der Waals surface area (Å²) in [5.74, 6) is 4.89. The van der Waals surface area contributed by atoms with Crippen molar-refractivity contribution in [2.45, 2.75) is 0 Å². The van der Waals surface area contributed by atoms with E-state index in [2.05, 4.69) is 15.2 Å². The van der Waals surface area contributed by atoms with Crippen LogP contribution < -0.4 is 11.3 Å². The smallest absolute Gasteiger partial charge is 0.298 e. The van der Waals surface area contributed by atoms with Crippen LogP contribution in [0.3, 0.4) is 0 Å². The van der Waals surface area contributed by atoms with E-state index in [-0.39, 0.29) is 0 Å². The Morgan fingerprint density at radius 3 is 2.43 bits per heavy atom. The Kier molecular flexibility index (Phi) is 3.04. The van der Waals surface area contributed by atoms with Gasteiger partial charge in [-0.15, -0.1) is 0 Å². The normalized spacial score (nSPS) is 11.0. The van der Waals surface area contributed by atoms with E-state index < -0.39 is 0 Å². The summed E-state index contributed by atoms with van der Waals surface area (Å²) in [5, 5.41) is 0. The lowest BCUT2D eigenvalue weighted by Crippen LogP contribution is -2.31. The highest BCUT2D eigenvalue weighted by Gasteiger charge is 1.83. The Morgan fingerprint density at radius 2 is 2.43 bits per heavy atom. The summed E-state index contributed by atoms with van der Waals surface area (Å²) in [6.07, 6.45) is 0. The first-order valence-electron chi connectivity index (χ1n) is 1.82. The van der Waals surface area contributed by atoms with E-state index in [1.165, 1.54) is 7.11 Å². The number of hydrogen-bond acceptors (Lipinski definition) is 3. The summed E-state index contributed by atoms with van der Waals surface area (Å²) in [6, 6.07) is 0.333. The van der Waals surface area contributed by atoms with Crippen molar-refractivity contribution in [3.63, 3.8) is 0 Å². The van der Waals surface area contributed by atoms with Crippen molar-refractivity contribution < 1.29 is 4.74 Å². The summed E-state index contributed by atoms with van der Waals surface area (Å²) in [4.78, 5) is 3.58. The van der Waals surface area contributed by atoms with Crippen LogP contribution in [0, 0.1) is 0 Å². The van der Waals surface area contributed by atoms with E-state index in [1.807, 2.05) is 0 Å². The van der Waals surface area contributed by atoms with Gasteiger partial charge in [-0.3, -0.25) is 5.43 Å². The molecule has 0 fully saturated rings. The van der Waals surface area contributed by atoms with Crippen molar-refractivity contribution in [3.8, 4) is 0 Å². The molecule has 0 aliphatic carbocycles. The molecule has 0 rings (SSSR count). The Labute approximate surface area is 42.3 Å². The number of methoxy groups -OCH3 is 1. The highest BCUT2D eigenvalue weighted by Crippen LogP contribution is 1.64. The fraction of sp³-hybridized carbons (Fsp3) is 0.667. The second kappa shape index (κ2) is 3.42. The summed E-state index contributed by atoms with van der Waals surface area (Å²) in [6.45, 7) is 0. The topological polar surface area (TPSA) is 59.6 Å². The van der Waals surface area contributed by atoms with Gasteiger partial charge < -0.3 is 4.74 Å². The SMILES string of the molecule is CN=C(NN)OC. The molecule has 0 saturated heterocycles. The van der Waals surface area contributed by atoms with Crippen molar-refractivity contribution >= 4 is 6.02 Å². The highest BCUT2D eigenvalue weighted by atomic mass is 16.5. The van der Waals surface area contributed by atoms with E-state index in [9.17, 15) is 0 Å². The highest BCUT2D eigenvalue weighted by molar-refractivity contribution is 5.72. The van der Waals surface area contributed by atoms with Crippen LogP contribution in [0.15, 0.2) is 4.99 Å². The molecule has 42 valence electrons. The molecule has 0 radical (unpaired) electrons. The third-order valence-corrected chi connectivity index (χ3v) is 0.520. The van der Waals surface area contributed by atoms with Crippen molar-refractivity contribution in [3.05, 3.63) is 0 Å². The van der Waals surface area contributed by atoms with Crippen molar-refractivity contribution in [1.29, 1.82) is 0 Å². The van der Waals surface area contributed by atoms with Crippen LogP contribution in [0.25, 0.3) is 0 Å². The van der Waals surface area contributed by atoms with E-state index >= 15 is 0 Å². The molecule has 0 unspecified atom stereocenters. The molecule has 4 heteroatoms. The monoisotopic (exact) mass is 103 g/mol. The van der Waals surface area contributed by atoms with Gasteiger partial charge in [0.15, 0.2) is 0 Å². The molecule has 0 amide bonds. The van der Waals surface area contributed by atoms with E-state index in [0.717, 1.165) is 0 Å². The molecule has 7 heavy (non-hydrogen) atoms. The number of rotatable bonds is 0. The quantitative estimate of drug-likeness (QED) is 0.180. The molecule has 0 aliphatic rings. The van der Waals surface area contributed by atoms with E-state index in [1.54, 1.807) is 7.05 Å². The Morgan fingerprint density at radius 1 is 1.86 bits per heavy atom. The van der Waals surface area contributed by atoms with Gasteiger partial charge in [-0.1, -0.05) is 0 Å². The number of hydrogen-bond donors (Lipinski definition) is 2. The predicted octanol–water partition coefficient (Wildman–Crippen LogP) is -0.918. The number of hydrazine groups is 1. The van der Waals surface area contributed by atoms with Crippen molar-refractivity contribution in [1.82, 2.24) is 5.43 Å². The number of amidine groups is 1. The standard InChI is InChI=1S/C3H9N3O/c1-5-3(6-4)7-2/h4H2,1-2H3,(H,5,6). The molecular formula is C3H9N3O. The minimum absolute atomic E-state index is 0.333. The first-order valence-corrected chi connectivity index (χ1v) is 1.82. The summed E-state index contributed by atoms with van der Waals surface area (Å²) >= 11 is 0. The first kappa shape index (κ1) is 6.23. The number of nitrogens with two attached hydrogens (primary N) is 1. The van der Waals surface area contributed by atoms with Gasteiger partial charge >= 0.3 is 0 Å². The molecule has 4 nitrogen and oxygen atoms in total. The largest absolute Gasteiger partial charge is 0.468 e. The molecular weight excluding hydrogens is 94.1 g/mol. The lowest BCUT2D eigenvalue weighted by molar-refractivity contribution is 0.380. The zero-order chi connectivity index (χ0) is 5.70. The average molecular weight is 103 g/mol. The van der Waals surface area contributed by atoms with Gasteiger partial charge in [-0.2, -0.15) is 0 Å². The van der Waals surface area contributed by atoms with Gasteiger partial charge in [0, 0.05) is 7.05 Å². The van der Waals surface area contributed by atoms with Gasteiger partial charge in [-0.25, -0.2) is 10.8 Å². The van der Waals surface area contributed by atoms with E-state index in [0.29, 0.717) is 6.02 Å². The molecule has 0 aromatic rings. The van der Waals surface area contributed by atoms with Gasteiger partial charge in [0.05, 0.1) is 7.11 Å². The molecule has 0 aliphatic heterocycles. The number of nitrogens with zero attached hydrogens (tertiary/aromatic N) is 1. The minimum Gasteiger partial charge on any atom is -0.468 e. The Bertz CT molecular complexity index is 64.6. The van der Waals surface area contributed by atoms with Crippen molar-refractivity contribution in [2.75, 3.05) is 14.2 Å². The lowest BCUT2D eigenvalue weighted by Gasteiger charge is -1.98. The Balaban J connectivity index is 3.38. The number of aliphatic imine (C=N–C) groups is 1. The average Bonchev–Trinajstić information content (AvgIpc) is 1.72. The number of nitrogens with one attached hydrogen (secondary N) is 1. The lowest BCUT2D eigenvalue weighted by atomic mass is 11.1. The van der Waals surface area contributed by atoms with Gasteiger partial charge in [0.2, 0.25) is 0 Å². The maximum Gasteiger partial charge on any atom is 0.298 e.